The summed E-state index contributed by atoms with van der Waals surface area (Å²) in [4.78, 5) is 33.0. The van der Waals surface area contributed by atoms with Crippen LogP contribution in [0.4, 0.5) is 5.82 Å². The first kappa shape index (κ1) is 20.6. The normalized spacial score (nSPS) is 11.1. The number of rotatable bonds is 4. The third-order valence-electron chi connectivity index (χ3n) is 4.34. The number of hydrogen-bond acceptors (Lipinski definition) is 6. The minimum Gasteiger partial charge on any atom is -0.434 e. The number of ether oxygens (including phenoxy) is 1. The topological polar surface area (TPSA) is 112 Å². The Balaban J connectivity index is 1.78. The van der Waals surface area contributed by atoms with Gasteiger partial charge in [-0.15, -0.1) is 9.78 Å². The number of fused-ring (bicyclic) bond motifs is 1. The van der Waals surface area contributed by atoms with E-state index in [0.717, 1.165) is 10.2 Å². The summed E-state index contributed by atoms with van der Waals surface area (Å²) in [6.45, 7) is 11.0. The molecule has 0 fully saturated rings. The molecule has 0 aliphatic rings. The molecule has 31 heavy (non-hydrogen) atoms. The van der Waals surface area contributed by atoms with E-state index < -0.39 is 17.1 Å². The second-order valence-electron chi connectivity index (χ2n) is 6.74. The molecular formula is C19H13Cl2N7O3. The van der Waals surface area contributed by atoms with Crippen LogP contribution in [0.25, 0.3) is 16.2 Å². The van der Waals surface area contributed by atoms with E-state index in [4.69, 9.17) is 34.5 Å². The van der Waals surface area contributed by atoms with Crippen LogP contribution in [0.5, 0.6) is 11.6 Å². The molecule has 156 valence electrons. The average Bonchev–Trinajstić information content (AvgIpc) is 3.18. The standard InChI is InChI=1S/C19H13Cl2N7O3/c1-9(2)11-8-14(25-27-5-4-23-17(11)27)31-15-12(20)6-10(7-13(15)21)28-19(30)24-18(29)16(22-3)26-28/h4-9H,1-2H3,(H,24,29,30). The smallest absolute Gasteiger partial charge is 0.365 e. The maximum atomic E-state index is 12.1. The molecule has 0 spiro atoms. The second-order valence-corrected chi connectivity index (χ2v) is 7.55. The lowest BCUT2D eigenvalue weighted by atomic mass is 10.1. The van der Waals surface area contributed by atoms with E-state index >= 15 is 0 Å². The summed E-state index contributed by atoms with van der Waals surface area (Å²) in [7, 11) is 0. The number of nitrogens with zero attached hydrogens (tertiary/aromatic N) is 6. The first-order valence-corrected chi connectivity index (χ1v) is 9.66. The molecule has 0 saturated heterocycles. The van der Waals surface area contributed by atoms with Crippen molar-refractivity contribution in [3.8, 4) is 17.3 Å². The van der Waals surface area contributed by atoms with Crippen LogP contribution < -0.4 is 16.0 Å². The Bertz CT molecular complexity index is 1460. The summed E-state index contributed by atoms with van der Waals surface area (Å²) in [6.07, 6.45) is 3.34. The van der Waals surface area contributed by atoms with Gasteiger partial charge in [0, 0.05) is 24.0 Å². The third-order valence-corrected chi connectivity index (χ3v) is 4.90. The van der Waals surface area contributed by atoms with Crippen molar-refractivity contribution in [2.45, 2.75) is 19.8 Å². The van der Waals surface area contributed by atoms with Crippen molar-refractivity contribution in [3.05, 3.63) is 78.5 Å². The maximum Gasteiger partial charge on any atom is 0.365 e. The molecule has 10 nitrogen and oxygen atoms in total. The van der Waals surface area contributed by atoms with Gasteiger partial charge in [-0.25, -0.2) is 14.3 Å². The van der Waals surface area contributed by atoms with Crippen LogP contribution in [0.15, 0.2) is 40.2 Å². The minimum atomic E-state index is -0.879. The van der Waals surface area contributed by atoms with Gasteiger partial charge < -0.3 is 9.58 Å². The number of aromatic amines is 1. The highest BCUT2D eigenvalue weighted by Gasteiger charge is 2.18. The van der Waals surface area contributed by atoms with Crippen molar-refractivity contribution < 1.29 is 4.74 Å². The molecule has 4 rings (SSSR count). The van der Waals surface area contributed by atoms with Crippen LogP contribution in [-0.4, -0.2) is 29.4 Å². The predicted octanol–water partition coefficient (Wildman–Crippen LogP) is 3.74. The SMILES string of the molecule is [C-]#[N+]c1nn(-c2cc(Cl)c(Oc3cc(C(C)C)c4nccn4n3)c(Cl)c2)c(=O)[nH]c1=O. The number of nitrogens with one attached hydrogen (secondary N) is 1. The predicted molar refractivity (Wildman–Crippen MR) is 114 cm³/mol. The number of aromatic nitrogens is 6. The Morgan fingerprint density at radius 1 is 1.16 bits per heavy atom. The highest BCUT2D eigenvalue weighted by atomic mass is 35.5. The molecule has 1 aromatic carbocycles. The summed E-state index contributed by atoms with van der Waals surface area (Å²) < 4.78 is 8.27. The lowest BCUT2D eigenvalue weighted by Crippen LogP contribution is -2.30. The highest BCUT2D eigenvalue weighted by molar-refractivity contribution is 6.37. The number of hydrogen-bond donors (Lipinski definition) is 1. The molecule has 0 radical (unpaired) electrons. The van der Waals surface area contributed by atoms with Crippen molar-refractivity contribution >= 4 is 34.7 Å². The first-order valence-electron chi connectivity index (χ1n) is 8.91. The minimum absolute atomic E-state index is 0.0744. The number of benzene rings is 1. The van der Waals surface area contributed by atoms with Gasteiger partial charge in [-0.05, 0) is 23.1 Å². The van der Waals surface area contributed by atoms with E-state index in [2.05, 4.69) is 20.0 Å². The molecule has 0 atom stereocenters. The van der Waals surface area contributed by atoms with E-state index in [1.807, 2.05) is 18.8 Å². The van der Waals surface area contributed by atoms with Crippen LogP contribution in [0, 0.1) is 6.57 Å². The van der Waals surface area contributed by atoms with Gasteiger partial charge in [0.15, 0.2) is 11.4 Å². The molecule has 0 aliphatic heterocycles. The fourth-order valence-corrected chi connectivity index (χ4v) is 3.45. The van der Waals surface area contributed by atoms with Gasteiger partial charge in [-0.3, -0.25) is 9.78 Å². The number of H-pyrrole nitrogens is 1. The quantitative estimate of drug-likeness (QED) is 0.467. The summed E-state index contributed by atoms with van der Waals surface area (Å²) >= 11 is 12.7. The van der Waals surface area contributed by atoms with Crippen molar-refractivity contribution in [2.75, 3.05) is 0 Å². The molecule has 0 unspecified atom stereocenters. The number of halogens is 2. The lowest BCUT2D eigenvalue weighted by Gasteiger charge is -2.13. The van der Waals surface area contributed by atoms with Crippen LogP contribution >= 0.6 is 23.2 Å². The van der Waals surface area contributed by atoms with E-state index in [9.17, 15) is 9.59 Å². The summed E-state index contributed by atoms with van der Waals surface area (Å²) in [5, 5.41) is 8.25. The third kappa shape index (κ3) is 3.76. The van der Waals surface area contributed by atoms with Gasteiger partial charge in [0.05, 0.1) is 15.7 Å². The Labute approximate surface area is 184 Å². The Morgan fingerprint density at radius 3 is 2.52 bits per heavy atom. The average molecular weight is 458 g/mol. The van der Waals surface area contributed by atoms with Gasteiger partial charge in [0.25, 0.3) is 5.56 Å². The van der Waals surface area contributed by atoms with E-state index in [1.165, 1.54) is 12.1 Å². The molecule has 0 amide bonds. The van der Waals surface area contributed by atoms with Crippen LogP contribution in [0.1, 0.15) is 25.3 Å². The van der Waals surface area contributed by atoms with E-state index in [-0.39, 0.29) is 33.3 Å². The summed E-state index contributed by atoms with van der Waals surface area (Å²) in [5.41, 5.74) is 0.0697. The first-order chi connectivity index (χ1) is 14.8. The molecule has 3 heterocycles. The molecule has 4 aromatic rings. The monoisotopic (exact) mass is 457 g/mol. The van der Waals surface area contributed by atoms with Gasteiger partial charge in [0.1, 0.15) is 0 Å². The Kier molecular flexibility index (Phi) is 5.22. The largest absolute Gasteiger partial charge is 0.434 e. The van der Waals surface area contributed by atoms with Gasteiger partial charge >= 0.3 is 11.5 Å². The fraction of sp³-hybridized carbons (Fsp3) is 0.158. The van der Waals surface area contributed by atoms with E-state index in [1.54, 1.807) is 23.0 Å². The molecule has 0 bridgehead atoms. The Hall–Kier alpha value is -3.68. The molecular weight excluding hydrogens is 445 g/mol. The zero-order chi connectivity index (χ0) is 22.3. The van der Waals surface area contributed by atoms with Crippen LogP contribution in [-0.2, 0) is 0 Å². The fourth-order valence-electron chi connectivity index (χ4n) is 2.90. The van der Waals surface area contributed by atoms with Crippen LogP contribution in [0.3, 0.4) is 0 Å². The molecule has 0 aliphatic carbocycles. The zero-order valence-electron chi connectivity index (χ0n) is 16.1. The van der Waals surface area contributed by atoms with Gasteiger partial charge in [-0.2, -0.15) is 0 Å². The zero-order valence-corrected chi connectivity index (χ0v) is 17.6. The van der Waals surface area contributed by atoms with Gasteiger partial charge in [-0.1, -0.05) is 43.6 Å². The summed E-state index contributed by atoms with van der Waals surface area (Å²) in [5.74, 6) is 0.0432. The van der Waals surface area contributed by atoms with Crippen molar-refractivity contribution in [3.63, 3.8) is 0 Å². The molecule has 0 saturated carbocycles. The summed E-state index contributed by atoms with van der Waals surface area (Å²) in [6, 6.07) is 4.51. The molecule has 3 aromatic heterocycles. The maximum absolute atomic E-state index is 12.1. The Morgan fingerprint density at radius 2 is 1.87 bits per heavy atom. The van der Waals surface area contributed by atoms with E-state index in [0.29, 0.717) is 5.65 Å². The van der Waals surface area contributed by atoms with Crippen LogP contribution in [0.2, 0.25) is 10.0 Å². The second kappa shape index (κ2) is 7.86. The highest BCUT2D eigenvalue weighted by Crippen LogP contribution is 2.38. The molecule has 12 heteroatoms. The molecule has 1 N–H and O–H groups in total. The van der Waals surface area contributed by atoms with Crippen molar-refractivity contribution in [1.82, 2.24) is 29.4 Å². The van der Waals surface area contributed by atoms with Crippen molar-refractivity contribution in [2.24, 2.45) is 0 Å². The lowest BCUT2D eigenvalue weighted by molar-refractivity contribution is 0.451. The van der Waals surface area contributed by atoms with Crippen molar-refractivity contribution in [1.29, 1.82) is 0 Å². The number of imidazole rings is 1. The van der Waals surface area contributed by atoms with Gasteiger partial charge in [0.2, 0.25) is 5.88 Å².